The summed E-state index contributed by atoms with van der Waals surface area (Å²) < 4.78 is 6.19. The van der Waals surface area contributed by atoms with E-state index >= 15 is 0 Å². The maximum absolute atomic E-state index is 6.19. The molecule has 0 aliphatic rings. The average Bonchev–Trinajstić information content (AvgIpc) is 3.60. The zero-order chi connectivity index (χ0) is 33.7. The molecule has 0 atom stereocenters. The Hall–Kier alpha value is -6.84. The van der Waals surface area contributed by atoms with Crippen molar-refractivity contribution < 1.29 is 4.42 Å². The summed E-state index contributed by atoms with van der Waals surface area (Å²) >= 11 is 0. The van der Waals surface area contributed by atoms with E-state index in [4.69, 9.17) is 14.4 Å². The van der Waals surface area contributed by atoms with Crippen LogP contribution in [0.4, 0.5) is 0 Å². The van der Waals surface area contributed by atoms with E-state index < -0.39 is 0 Å². The van der Waals surface area contributed by atoms with Crippen molar-refractivity contribution in [2.24, 2.45) is 0 Å². The van der Waals surface area contributed by atoms with Crippen LogP contribution in [0.5, 0.6) is 0 Å². The zero-order valence-electron chi connectivity index (χ0n) is 27.6. The van der Waals surface area contributed by atoms with E-state index in [1.165, 1.54) is 27.5 Å². The van der Waals surface area contributed by atoms with Gasteiger partial charge in [0.05, 0.1) is 11.4 Å². The van der Waals surface area contributed by atoms with E-state index in [1.807, 2.05) is 36.4 Å². The minimum atomic E-state index is 0.704. The van der Waals surface area contributed by atoms with Crippen molar-refractivity contribution >= 4 is 43.5 Å². The summed E-state index contributed by atoms with van der Waals surface area (Å²) in [6, 6.07) is 63.9. The van der Waals surface area contributed by atoms with Gasteiger partial charge in [0.2, 0.25) is 0 Å². The molecule has 3 nitrogen and oxygen atoms in total. The fourth-order valence-electron chi connectivity index (χ4n) is 7.43. The van der Waals surface area contributed by atoms with E-state index in [9.17, 15) is 0 Å². The lowest BCUT2D eigenvalue weighted by atomic mass is 9.93. The molecule has 2 aromatic heterocycles. The predicted octanol–water partition coefficient (Wildman–Crippen LogP) is 13.0. The number of hydrogen-bond donors (Lipinski definition) is 0. The van der Waals surface area contributed by atoms with Gasteiger partial charge >= 0.3 is 0 Å². The van der Waals surface area contributed by atoms with Gasteiger partial charge in [0, 0.05) is 27.5 Å². The monoisotopic (exact) mass is 650 g/mol. The molecule has 10 rings (SSSR count). The van der Waals surface area contributed by atoms with Gasteiger partial charge in [0.15, 0.2) is 5.82 Å². The van der Waals surface area contributed by atoms with Crippen LogP contribution in [0.3, 0.4) is 0 Å². The molecule has 8 aromatic carbocycles. The van der Waals surface area contributed by atoms with Crippen LogP contribution < -0.4 is 0 Å². The first-order chi connectivity index (χ1) is 25.3. The first-order valence-corrected chi connectivity index (χ1v) is 17.2. The Kier molecular flexibility index (Phi) is 6.81. The van der Waals surface area contributed by atoms with E-state index in [0.29, 0.717) is 5.82 Å². The molecule has 3 heteroatoms. The Labute approximate surface area is 295 Å². The van der Waals surface area contributed by atoms with Gasteiger partial charge in [-0.25, -0.2) is 9.97 Å². The van der Waals surface area contributed by atoms with Crippen LogP contribution in [0, 0.1) is 0 Å². The van der Waals surface area contributed by atoms with E-state index in [2.05, 4.69) is 146 Å². The molecule has 2 heterocycles. The highest BCUT2D eigenvalue weighted by molar-refractivity contribution is 6.13. The van der Waals surface area contributed by atoms with Gasteiger partial charge in [-0.2, -0.15) is 0 Å². The van der Waals surface area contributed by atoms with Gasteiger partial charge in [-0.1, -0.05) is 152 Å². The van der Waals surface area contributed by atoms with Gasteiger partial charge < -0.3 is 4.42 Å². The molecule has 0 radical (unpaired) electrons. The van der Waals surface area contributed by atoms with Crippen molar-refractivity contribution in [1.82, 2.24) is 9.97 Å². The molecule has 0 unspecified atom stereocenters. The summed E-state index contributed by atoms with van der Waals surface area (Å²) in [6.45, 7) is 0. The molecular weight excluding hydrogens is 621 g/mol. The van der Waals surface area contributed by atoms with Crippen molar-refractivity contribution in [3.63, 3.8) is 0 Å². The Morgan fingerprint density at radius 2 is 0.922 bits per heavy atom. The SMILES string of the molecule is c1ccc(-c2nc(-c3ccc4cc(-c5cccc6oc7ccccc7c56)ccc4c3)cc(-c3ccc(-c4ccccc4)c4ccccc34)n2)cc1. The van der Waals surface area contributed by atoms with Crippen molar-refractivity contribution in [2.75, 3.05) is 0 Å². The normalized spacial score (nSPS) is 11.5. The summed E-state index contributed by atoms with van der Waals surface area (Å²) in [7, 11) is 0. The summed E-state index contributed by atoms with van der Waals surface area (Å²) in [5, 5.41) is 6.96. The minimum Gasteiger partial charge on any atom is -0.456 e. The van der Waals surface area contributed by atoms with Crippen molar-refractivity contribution in [3.05, 3.63) is 182 Å². The lowest BCUT2D eigenvalue weighted by Gasteiger charge is -2.14. The number of rotatable bonds is 5. The molecule has 0 aliphatic carbocycles. The molecule has 0 bridgehead atoms. The van der Waals surface area contributed by atoms with E-state index in [0.717, 1.165) is 66.4 Å². The fourth-order valence-corrected chi connectivity index (χ4v) is 7.43. The lowest BCUT2D eigenvalue weighted by Crippen LogP contribution is -1.97. The highest BCUT2D eigenvalue weighted by Crippen LogP contribution is 2.39. The Morgan fingerprint density at radius 3 is 1.71 bits per heavy atom. The maximum atomic E-state index is 6.19. The van der Waals surface area contributed by atoms with Gasteiger partial charge in [0.25, 0.3) is 0 Å². The molecule has 0 spiro atoms. The molecule has 0 N–H and O–H groups in total. The third kappa shape index (κ3) is 5.06. The van der Waals surface area contributed by atoms with Crippen molar-refractivity contribution in [3.8, 4) is 56.2 Å². The number of nitrogens with zero attached hydrogens (tertiary/aromatic N) is 2. The Bertz CT molecular complexity index is 2910. The molecule has 10 aromatic rings. The summed E-state index contributed by atoms with van der Waals surface area (Å²) in [6.07, 6.45) is 0. The molecular formula is C48H30N2O. The highest BCUT2D eigenvalue weighted by Gasteiger charge is 2.16. The number of aromatic nitrogens is 2. The number of hydrogen-bond acceptors (Lipinski definition) is 3. The topological polar surface area (TPSA) is 38.9 Å². The second-order valence-corrected chi connectivity index (χ2v) is 13.0. The molecule has 51 heavy (non-hydrogen) atoms. The fraction of sp³-hybridized carbons (Fsp3) is 0. The Morgan fingerprint density at radius 1 is 0.333 bits per heavy atom. The maximum Gasteiger partial charge on any atom is 0.160 e. The lowest BCUT2D eigenvalue weighted by molar-refractivity contribution is 0.669. The molecule has 0 amide bonds. The quantitative estimate of drug-likeness (QED) is 0.186. The molecule has 0 saturated carbocycles. The van der Waals surface area contributed by atoms with Crippen LogP contribution in [-0.4, -0.2) is 9.97 Å². The van der Waals surface area contributed by atoms with Crippen LogP contribution in [-0.2, 0) is 0 Å². The van der Waals surface area contributed by atoms with Gasteiger partial charge in [-0.3, -0.25) is 0 Å². The number of para-hydroxylation sites is 1. The van der Waals surface area contributed by atoms with Crippen LogP contribution in [0.25, 0.3) is 99.6 Å². The predicted molar refractivity (Wildman–Crippen MR) is 212 cm³/mol. The molecule has 238 valence electrons. The first kappa shape index (κ1) is 29.1. The molecule has 0 aliphatic heterocycles. The first-order valence-electron chi connectivity index (χ1n) is 17.2. The number of benzene rings is 8. The standard InChI is InChI=1S/C48H30N2O/c1-3-12-31(13-4-1)37-26-27-41(40-17-8-7-16-39(37)40)44-30-43(49-48(50-44)32-14-5-2-6-15-32)36-25-23-33-28-35(24-22-34(33)29-36)38-19-11-21-46-47(38)42-18-9-10-20-45(42)51-46/h1-30H. The summed E-state index contributed by atoms with van der Waals surface area (Å²) in [5.41, 5.74) is 11.4. The van der Waals surface area contributed by atoms with Gasteiger partial charge in [-0.05, 0) is 74.1 Å². The van der Waals surface area contributed by atoms with Crippen LogP contribution in [0.15, 0.2) is 186 Å². The number of fused-ring (bicyclic) bond motifs is 5. The van der Waals surface area contributed by atoms with E-state index in [-0.39, 0.29) is 0 Å². The zero-order valence-corrected chi connectivity index (χ0v) is 27.6. The van der Waals surface area contributed by atoms with E-state index in [1.54, 1.807) is 0 Å². The number of furan rings is 1. The molecule has 0 fully saturated rings. The second kappa shape index (κ2) is 11.9. The van der Waals surface area contributed by atoms with Gasteiger partial charge in [0.1, 0.15) is 11.2 Å². The summed E-state index contributed by atoms with van der Waals surface area (Å²) in [5.74, 6) is 0.704. The third-order valence-corrected chi connectivity index (χ3v) is 9.89. The molecule has 0 saturated heterocycles. The van der Waals surface area contributed by atoms with Crippen LogP contribution >= 0.6 is 0 Å². The van der Waals surface area contributed by atoms with Crippen LogP contribution in [0.2, 0.25) is 0 Å². The largest absolute Gasteiger partial charge is 0.456 e. The average molecular weight is 651 g/mol. The smallest absolute Gasteiger partial charge is 0.160 e. The van der Waals surface area contributed by atoms with Gasteiger partial charge in [-0.15, -0.1) is 0 Å². The van der Waals surface area contributed by atoms with Crippen LogP contribution in [0.1, 0.15) is 0 Å². The van der Waals surface area contributed by atoms with Crippen molar-refractivity contribution in [1.29, 1.82) is 0 Å². The second-order valence-electron chi connectivity index (χ2n) is 13.0. The summed E-state index contributed by atoms with van der Waals surface area (Å²) in [4.78, 5) is 10.3. The third-order valence-electron chi connectivity index (χ3n) is 9.89. The van der Waals surface area contributed by atoms with Crippen molar-refractivity contribution in [2.45, 2.75) is 0 Å². The minimum absolute atomic E-state index is 0.704. The highest BCUT2D eigenvalue weighted by atomic mass is 16.3. The Balaban J connectivity index is 1.11.